The third-order valence-electron chi connectivity index (χ3n) is 2.87. The van der Waals surface area contributed by atoms with E-state index in [-0.39, 0.29) is 19.0 Å². The molecule has 1 unspecified atom stereocenters. The Morgan fingerprint density at radius 3 is 3.00 bits per heavy atom. The van der Waals surface area contributed by atoms with Gasteiger partial charge in [0.25, 0.3) is 0 Å². The van der Waals surface area contributed by atoms with E-state index < -0.39 is 0 Å². The maximum atomic E-state index is 8.84. The van der Waals surface area contributed by atoms with Crippen molar-refractivity contribution in [2.45, 2.75) is 44.9 Å². The first kappa shape index (κ1) is 13.4. The van der Waals surface area contributed by atoms with E-state index in [0.717, 1.165) is 19.5 Å². The van der Waals surface area contributed by atoms with Crippen molar-refractivity contribution < 1.29 is 5.11 Å². The Morgan fingerprint density at radius 1 is 1.50 bits per heavy atom. The van der Waals surface area contributed by atoms with Gasteiger partial charge in [0.05, 0.1) is 12.8 Å². The average Bonchev–Trinajstić information content (AvgIpc) is 2.76. The zero-order valence-corrected chi connectivity index (χ0v) is 10.1. The standard InChI is InChI=1S/C10H18N4O.ClH/c15-8-10-7-14(13-12-10)6-4-9-3-1-2-5-11-9;/h7,9,11,15H,1-6,8H2;1H. The van der Waals surface area contributed by atoms with Crippen molar-refractivity contribution in [3.8, 4) is 0 Å². The van der Waals surface area contributed by atoms with Gasteiger partial charge in [-0.25, -0.2) is 0 Å². The maximum Gasteiger partial charge on any atom is 0.108 e. The molecule has 0 aromatic carbocycles. The van der Waals surface area contributed by atoms with E-state index in [9.17, 15) is 0 Å². The van der Waals surface area contributed by atoms with Crippen molar-refractivity contribution >= 4 is 12.4 Å². The van der Waals surface area contributed by atoms with Crippen LogP contribution in [0, 0.1) is 0 Å². The van der Waals surface area contributed by atoms with E-state index in [1.807, 2.05) is 10.9 Å². The van der Waals surface area contributed by atoms with Gasteiger partial charge in [-0.05, 0) is 25.8 Å². The van der Waals surface area contributed by atoms with Crippen LogP contribution in [0.3, 0.4) is 0 Å². The van der Waals surface area contributed by atoms with E-state index in [0.29, 0.717) is 11.7 Å². The Morgan fingerprint density at radius 2 is 2.38 bits per heavy atom. The first-order valence-corrected chi connectivity index (χ1v) is 5.62. The minimum absolute atomic E-state index is 0. The molecule has 2 N–H and O–H groups in total. The fourth-order valence-corrected chi connectivity index (χ4v) is 1.98. The molecule has 1 saturated heterocycles. The molecule has 1 aliphatic heterocycles. The second-order valence-electron chi connectivity index (χ2n) is 4.07. The normalized spacial score (nSPS) is 20.4. The lowest BCUT2D eigenvalue weighted by Crippen LogP contribution is -2.34. The summed E-state index contributed by atoms with van der Waals surface area (Å²) in [6.45, 7) is 2.00. The predicted octanol–water partition coefficient (Wildman–Crippen LogP) is 0.724. The molecular formula is C10H19ClN4O. The maximum absolute atomic E-state index is 8.84. The molecule has 0 amide bonds. The summed E-state index contributed by atoms with van der Waals surface area (Å²) in [6, 6.07) is 0.625. The highest BCUT2D eigenvalue weighted by Gasteiger charge is 2.12. The van der Waals surface area contributed by atoms with Crippen molar-refractivity contribution in [1.29, 1.82) is 0 Å². The topological polar surface area (TPSA) is 63.0 Å². The number of hydrogen-bond acceptors (Lipinski definition) is 4. The number of aliphatic hydroxyl groups excluding tert-OH is 1. The van der Waals surface area contributed by atoms with Crippen LogP contribution in [0.5, 0.6) is 0 Å². The highest BCUT2D eigenvalue weighted by Crippen LogP contribution is 2.10. The molecule has 6 heteroatoms. The molecule has 0 radical (unpaired) electrons. The number of hydrogen-bond donors (Lipinski definition) is 2. The molecule has 16 heavy (non-hydrogen) atoms. The zero-order chi connectivity index (χ0) is 10.5. The zero-order valence-electron chi connectivity index (χ0n) is 9.30. The first-order chi connectivity index (χ1) is 7.38. The number of aryl methyl sites for hydroxylation is 1. The first-order valence-electron chi connectivity index (χ1n) is 5.62. The van der Waals surface area contributed by atoms with Crippen LogP contribution in [-0.4, -0.2) is 32.7 Å². The molecule has 1 aliphatic rings. The molecule has 92 valence electrons. The fraction of sp³-hybridized carbons (Fsp3) is 0.800. The molecule has 0 spiro atoms. The summed E-state index contributed by atoms with van der Waals surface area (Å²) in [5.74, 6) is 0. The van der Waals surface area contributed by atoms with Crippen molar-refractivity contribution in [2.75, 3.05) is 6.54 Å². The summed E-state index contributed by atoms with van der Waals surface area (Å²) in [5.41, 5.74) is 0.645. The number of aromatic nitrogens is 3. The minimum Gasteiger partial charge on any atom is -0.390 e. The van der Waals surface area contributed by atoms with E-state index in [2.05, 4.69) is 15.6 Å². The Hall–Kier alpha value is -0.650. The van der Waals surface area contributed by atoms with Crippen LogP contribution >= 0.6 is 12.4 Å². The quantitative estimate of drug-likeness (QED) is 0.822. The van der Waals surface area contributed by atoms with Crippen LogP contribution in [0.15, 0.2) is 6.20 Å². The smallest absolute Gasteiger partial charge is 0.108 e. The molecule has 1 aromatic rings. The summed E-state index contributed by atoms with van der Waals surface area (Å²) in [5, 5.41) is 20.1. The van der Waals surface area contributed by atoms with Crippen LogP contribution in [-0.2, 0) is 13.2 Å². The van der Waals surface area contributed by atoms with Gasteiger partial charge in [0.2, 0.25) is 0 Å². The largest absolute Gasteiger partial charge is 0.390 e. The van der Waals surface area contributed by atoms with E-state index in [4.69, 9.17) is 5.11 Å². The van der Waals surface area contributed by atoms with Gasteiger partial charge in [0, 0.05) is 12.6 Å². The Labute approximate surface area is 102 Å². The highest BCUT2D eigenvalue weighted by atomic mass is 35.5. The number of piperidine rings is 1. The Balaban J connectivity index is 0.00000128. The fourth-order valence-electron chi connectivity index (χ4n) is 1.98. The van der Waals surface area contributed by atoms with Crippen molar-refractivity contribution in [1.82, 2.24) is 20.3 Å². The van der Waals surface area contributed by atoms with Crippen LogP contribution < -0.4 is 5.32 Å². The van der Waals surface area contributed by atoms with Crippen molar-refractivity contribution in [3.63, 3.8) is 0 Å². The number of aliphatic hydroxyl groups is 1. The molecule has 0 bridgehead atoms. The number of halogens is 1. The number of rotatable bonds is 4. The number of nitrogens with zero attached hydrogens (tertiary/aromatic N) is 3. The van der Waals surface area contributed by atoms with Crippen molar-refractivity contribution in [2.24, 2.45) is 0 Å². The lowest BCUT2D eigenvalue weighted by atomic mass is 10.0. The minimum atomic E-state index is -0.0261. The molecule has 1 aromatic heterocycles. The van der Waals surface area contributed by atoms with Gasteiger partial charge in [0.1, 0.15) is 5.69 Å². The van der Waals surface area contributed by atoms with Gasteiger partial charge < -0.3 is 10.4 Å². The predicted molar refractivity (Wildman–Crippen MR) is 63.5 cm³/mol. The molecule has 5 nitrogen and oxygen atoms in total. The second-order valence-corrected chi connectivity index (χ2v) is 4.07. The number of nitrogens with one attached hydrogen (secondary N) is 1. The molecule has 0 saturated carbocycles. The summed E-state index contributed by atoms with van der Waals surface area (Å²) in [4.78, 5) is 0. The van der Waals surface area contributed by atoms with Gasteiger partial charge in [-0.1, -0.05) is 11.6 Å². The van der Waals surface area contributed by atoms with Gasteiger partial charge in [-0.3, -0.25) is 4.68 Å². The van der Waals surface area contributed by atoms with Crippen LogP contribution in [0.25, 0.3) is 0 Å². The van der Waals surface area contributed by atoms with E-state index >= 15 is 0 Å². The third kappa shape index (κ3) is 3.73. The molecule has 1 fully saturated rings. The van der Waals surface area contributed by atoms with E-state index in [1.54, 1.807) is 0 Å². The summed E-state index contributed by atoms with van der Waals surface area (Å²) in [6.07, 6.45) is 6.80. The van der Waals surface area contributed by atoms with Crippen molar-refractivity contribution in [3.05, 3.63) is 11.9 Å². The summed E-state index contributed by atoms with van der Waals surface area (Å²) < 4.78 is 1.81. The summed E-state index contributed by atoms with van der Waals surface area (Å²) >= 11 is 0. The summed E-state index contributed by atoms with van der Waals surface area (Å²) in [7, 11) is 0. The van der Waals surface area contributed by atoms with Crippen LogP contribution in [0.1, 0.15) is 31.4 Å². The van der Waals surface area contributed by atoms with Crippen LogP contribution in [0.2, 0.25) is 0 Å². The lowest BCUT2D eigenvalue weighted by molar-refractivity contribution is 0.276. The lowest BCUT2D eigenvalue weighted by Gasteiger charge is -2.23. The molecule has 1 atom stereocenters. The molecule has 2 heterocycles. The Kier molecular flexibility index (Phi) is 5.73. The van der Waals surface area contributed by atoms with Gasteiger partial charge in [-0.2, -0.15) is 0 Å². The van der Waals surface area contributed by atoms with Gasteiger partial charge >= 0.3 is 0 Å². The Bertz CT molecular complexity index is 299. The van der Waals surface area contributed by atoms with Gasteiger partial charge in [-0.15, -0.1) is 17.5 Å². The molecule has 2 rings (SSSR count). The second kappa shape index (κ2) is 6.83. The average molecular weight is 247 g/mol. The monoisotopic (exact) mass is 246 g/mol. The third-order valence-corrected chi connectivity index (χ3v) is 2.87. The van der Waals surface area contributed by atoms with Gasteiger partial charge in [0.15, 0.2) is 0 Å². The highest BCUT2D eigenvalue weighted by molar-refractivity contribution is 5.85. The molecule has 0 aliphatic carbocycles. The van der Waals surface area contributed by atoms with Crippen LogP contribution in [0.4, 0.5) is 0 Å². The molecular weight excluding hydrogens is 228 g/mol. The SMILES string of the molecule is Cl.OCc1cn(CCC2CCCCN2)nn1. The van der Waals surface area contributed by atoms with E-state index in [1.165, 1.54) is 19.3 Å².